The summed E-state index contributed by atoms with van der Waals surface area (Å²) in [4.78, 5) is 23.0. The van der Waals surface area contributed by atoms with Crippen LogP contribution in [0.25, 0.3) is 0 Å². The summed E-state index contributed by atoms with van der Waals surface area (Å²) < 4.78 is 0. The number of nitrogens with one attached hydrogen (secondary N) is 1. The summed E-state index contributed by atoms with van der Waals surface area (Å²) in [5.41, 5.74) is 5.74. The highest BCUT2D eigenvalue weighted by Crippen LogP contribution is 2.20. The normalized spacial score (nSPS) is 10.5. The van der Waals surface area contributed by atoms with Crippen LogP contribution in [0.3, 0.4) is 0 Å². The monoisotopic (exact) mass is 360 g/mol. The molecule has 1 aromatic carbocycles. The fraction of sp³-hybridized carbons (Fsp3) is 0.227. The number of amides is 1. The second kappa shape index (κ2) is 8.45. The topological polar surface area (TPSA) is 58.1 Å². The average Bonchev–Trinajstić information content (AvgIpc) is 2.70. The molecule has 27 heavy (non-hydrogen) atoms. The molecule has 5 nitrogen and oxygen atoms in total. The van der Waals surface area contributed by atoms with E-state index in [9.17, 15) is 4.79 Å². The summed E-state index contributed by atoms with van der Waals surface area (Å²) in [5, 5.41) is 2.99. The van der Waals surface area contributed by atoms with Crippen LogP contribution in [0.2, 0.25) is 0 Å². The fourth-order valence-corrected chi connectivity index (χ4v) is 2.82. The summed E-state index contributed by atoms with van der Waals surface area (Å²) in [6.07, 6.45) is 7.88. The van der Waals surface area contributed by atoms with Gasteiger partial charge < -0.3 is 10.2 Å². The summed E-state index contributed by atoms with van der Waals surface area (Å²) in [5.74, 6) is -0.152. The van der Waals surface area contributed by atoms with Crippen molar-refractivity contribution >= 4 is 17.3 Å². The lowest BCUT2D eigenvalue weighted by atomic mass is 10.1. The number of rotatable bonds is 6. The van der Waals surface area contributed by atoms with E-state index in [1.54, 1.807) is 24.8 Å². The van der Waals surface area contributed by atoms with Gasteiger partial charge in [0.15, 0.2) is 0 Å². The van der Waals surface area contributed by atoms with Gasteiger partial charge in [-0.1, -0.05) is 12.1 Å². The van der Waals surface area contributed by atoms with E-state index >= 15 is 0 Å². The standard InChI is InChI=1S/C22H24N4O/c1-16-5-4-6-21(17(16)2)25-22(27)19-13-20(15-24-14-19)26(3)12-9-18-7-10-23-11-8-18/h4-8,10-11,13-15H,9,12H2,1-3H3,(H,25,27). The third-order valence-electron chi connectivity index (χ3n) is 4.76. The Balaban J connectivity index is 1.69. The third kappa shape index (κ3) is 4.70. The molecule has 3 rings (SSSR count). The van der Waals surface area contributed by atoms with Crippen molar-refractivity contribution < 1.29 is 4.79 Å². The number of hydrogen-bond acceptors (Lipinski definition) is 4. The zero-order valence-electron chi connectivity index (χ0n) is 15.9. The van der Waals surface area contributed by atoms with Crippen LogP contribution in [0.1, 0.15) is 27.0 Å². The number of pyridine rings is 2. The van der Waals surface area contributed by atoms with Crippen LogP contribution in [0, 0.1) is 13.8 Å². The Bertz CT molecular complexity index is 925. The predicted octanol–water partition coefficient (Wildman–Crippen LogP) is 4.02. The number of likely N-dealkylation sites (N-methyl/N-ethyl adjacent to an activating group) is 1. The molecule has 0 spiro atoms. The SMILES string of the molecule is Cc1cccc(NC(=O)c2cncc(N(C)CCc3ccncc3)c2)c1C. The molecule has 0 saturated heterocycles. The summed E-state index contributed by atoms with van der Waals surface area (Å²) in [6, 6.07) is 11.8. The van der Waals surface area contributed by atoms with Crippen molar-refractivity contribution in [3.8, 4) is 0 Å². The quantitative estimate of drug-likeness (QED) is 0.721. The number of aryl methyl sites for hydroxylation is 1. The Labute approximate surface area is 160 Å². The molecular formula is C22H24N4O. The van der Waals surface area contributed by atoms with Crippen LogP contribution < -0.4 is 10.2 Å². The van der Waals surface area contributed by atoms with Gasteiger partial charge in [0, 0.05) is 37.9 Å². The van der Waals surface area contributed by atoms with E-state index in [0.717, 1.165) is 35.5 Å². The summed E-state index contributed by atoms with van der Waals surface area (Å²) >= 11 is 0. The highest BCUT2D eigenvalue weighted by molar-refractivity contribution is 6.05. The van der Waals surface area contributed by atoms with Crippen molar-refractivity contribution in [1.82, 2.24) is 9.97 Å². The van der Waals surface area contributed by atoms with Crippen molar-refractivity contribution in [3.05, 3.63) is 83.4 Å². The molecule has 1 amide bonds. The van der Waals surface area contributed by atoms with E-state index in [-0.39, 0.29) is 5.91 Å². The van der Waals surface area contributed by atoms with Gasteiger partial charge in [0.1, 0.15) is 0 Å². The molecular weight excluding hydrogens is 336 g/mol. The average molecular weight is 360 g/mol. The van der Waals surface area contributed by atoms with Crippen LogP contribution in [0.4, 0.5) is 11.4 Å². The second-order valence-electron chi connectivity index (χ2n) is 6.66. The lowest BCUT2D eigenvalue weighted by Crippen LogP contribution is -2.21. The number of hydrogen-bond donors (Lipinski definition) is 1. The third-order valence-corrected chi connectivity index (χ3v) is 4.76. The van der Waals surface area contributed by atoms with E-state index in [1.807, 2.05) is 57.3 Å². The molecule has 1 N–H and O–H groups in total. The van der Waals surface area contributed by atoms with Gasteiger partial charge in [-0.25, -0.2) is 0 Å². The van der Waals surface area contributed by atoms with Crippen molar-refractivity contribution in [1.29, 1.82) is 0 Å². The Morgan fingerprint density at radius 2 is 1.85 bits per heavy atom. The van der Waals surface area contributed by atoms with Crippen LogP contribution >= 0.6 is 0 Å². The van der Waals surface area contributed by atoms with Crippen LogP contribution in [0.5, 0.6) is 0 Å². The van der Waals surface area contributed by atoms with Crippen LogP contribution in [-0.4, -0.2) is 29.5 Å². The first-order valence-corrected chi connectivity index (χ1v) is 8.97. The van der Waals surface area contributed by atoms with E-state index in [4.69, 9.17) is 0 Å². The minimum atomic E-state index is -0.152. The first kappa shape index (κ1) is 18.6. The number of carbonyl (C=O) groups is 1. The van der Waals surface area contributed by atoms with Gasteiger partial charge in [0.2, 0.25) is 0 Å². The van der Waals surface area contributed by atoms with E-state index < -0.39 is 0 Å². The molecule has 0 radical (unpaired) electrons. The van der Waals surface area contributed by atoms with Gasteiger partial charge in [0.05, 0.1) is 17.4 Å². The molecule has 0 aliphatic heterocycles. The van der Waals surface area contributed by atoms with Crippen molar-refractivity contribution in [3.63, 3.8) is 0 Å². The highest BCUT2D eigenvalue weighted by Gasteiger charge is 2.11. The van der Waals surface area contributed by atoms with Crippen molar-refractivity contribution in [2.24, 2.45) is 0 Å². The van der Waals surface area contributed by atoms with Gasteiger partial charge in [-0.05, 0) is 61.2 Å². The van der Waals surface area contributed by atoms with Crippen LogP contribution in [-0.2, 0) is 6.42 Å². The zero-order chi connectivity index (χ0) is 19.2. The summed E-state index contributed by atoms with van der Waals surface area (Å²) in [6.45, 7) is 4.87. The molecule has 0 atom stereocenters. The molecule has 138 valence electrons. The Morgan fingerprint density at radius 3 is 2.63 bits per heavy atom. The molecule has 0 fully saturated rings. The number of carbonyl (C=O) groups excluding carboxylic acids is 1. The number of benzene rings is 1. The second-order valence-corrected chi connectivity index (χ2v) is 6.66. The van der Waals surface area contributed by atoms with Gasteiger partial charge >= 0.3 is 0 Å². The Morgan fingerprint density at radius 1 is 1.07 bits per heavy atom. The molecule has 5 heteroatoms. The lowest BCUT2D eigenvalue weighted by molar-refractivity contribution is 0.102. The smallest absolute Gasteiger partial charge is 0.257 e. The number of aromatic nitrogens is 2. The maximum Gasteiger partial charge on any atom is 0.257 e. The van der Waals surface area contributed by atoms with Crippen LogP contribution in [0.15, 0.2) is 61.2 Å². The van der Waals surface area contributed by atoms with Gasteiger partial charge in [-0.2, -0.15) is 0 Å². The largest absolute Gasteiger partial charge is 0.373 e. The zero-order valence-corrected chi connectivity index (χ0v) is 15.9. The van der Waals surface area contributed by atoms with Gasteiger partial charge in [-0.15, -0.1) is 0 Å². The Hall–Kier alpha value is -3.21. The van der Waals surface area contributed by atoms with Gasteiger partial charge in [0.25, 0.3) is 5.91 Å². The molecule has 0 unspecified atom stereocenters. The first-order valence-electron chi connectivity index (χ1n) is 8.97. The minimum absolute atomic E-state index is 0.152. The molecule has 0 aliphatic carbocycles. The van der Waals surface area contributed by atoms with E-state index in [0.29, 0.717) is 5.56 Å². The van der Waals surface area contributed by atoms with Crippen molar-refractivity contribution in [2.45, 2.75) is 20.3 Å². The molecule has 0 aliphatic rings. The maximum atomic E-state index is 12.7. The van der Waals surface area contributed by atoms with E-state index in [1.165, 1.54) is 5.56 Å². The molecule has 0 bridgehead atoms. The predicted molar refractivity (Wildman–Crippen MR) is 109 cm³/mol. The lowest BCUT2D eigenvalue weighted by Gasteiger charge is -2.19. The first-order chi connectivity index (χ1) is 13.0. The molecule has 2 heterocycles. The minimum Gasteiger partial charge on any atom is -0.373 e. The van der Waals surface area contributed by atoms with Crippen molar-refractivity contribution in [2.75, 3.05) is 23.8 Å². The van der Waals surface area contributed by atoms with Gasteiger partial charge in [-0.3, -0.25) is 14.8 Å². The summed E-state index contributed by atoms with van der Waals surface area (Å²) in [7, 11) is 2.00. The number of anilines is 2. The van der Waals surface area contributed by atoms with E-state index in [2.05, 4.69) is 20.2 Å². The Kier molecular flexibility index (Phi) is 5.81. The maximum absolute atomic E-state index is 12.7. The highest BCUT2D eigenvalue weighted by atomic mass is 16.1. The molecule has 2 aromatic heterocycles. The number of nitrogens with zero attached hydrogens (tertiary/aromatic N) is 3. The molecule has 0 saturated carbocycles. The fourth-order valence-electron chi connectivity index (χ4n) is 2.82. The molecule has 3 aromatic rings.